The van der Waals surface area contributed by atoms with Crippen LogP contribution in [0.5, 0.6) is 0 Å². The summed E-state index contributed by atoms with van der Waals surface area (Å²) >= 11 is 0. The standard InChI is InChI=1S/C9H16O4/c1-8(2,12-5)9(3)6(13-9)7(10)11-4/h6H,1-5H3. The molecular weight excluding hydrogens is 172 g/mol. The Labute approximate surface area is 78.2 Å². The van der Waals surface area contributed by atoms with Crippen molar-refractivity contribution >= 4 is 5.97 Å². The molecule has 0 aromatic rings. The molecule has 0 radical (unpaired) electrons. The maximum absolute atomic E-state index is 11.1. The van der Waals surface area contributed by atoms with Gasteiger partial charge in [0.15, 0.2) is 6.10 Å². The van der Waals surface area contributed by atoms with E-state index in [9.17, 15) is 4.79 Å². The summed E-state index contributed by atoms with van der Waals surface area (Å²) in [7, 11) is 2.95. The van der Waals surface area contributed by atoms with Gasteiger partial charge in [-0.3, -0.25) is 0 Å². The van der Waals surface area contributed by atoms with Crippen molar-refractivity contribution in [2.45, 2.75) is 38.1 Å². The highest BCUT2D eigenvalue weighted by Gasteiger charge is 2.66. The normalized spacial score (nSPS) is 32.8. The quantitative estimate of drug-likeness (QED) is 0.484. The Balaban J connectivity index is 2.69. The first kappa shape index (κ1) is 10.5. The van der Waals surface area contributed by atoms with Gasteiger partial charge in [-0.2, -0.15) is 0 Å². The molecule has 1 saturated heterocycles. The minimum absolute atomic E-state index is 0.340. The molecule has 0 aromatic heterocycles. The SMILES string of the molecule is COC(=O)C1OC1(C)C(C)(C)OC. The van der Waals surface area contributed by atoms with Crippen LogP contribution in [0.2, 0.25) is 0 Å². The number of hydrogen-bond acceptors (Lipinski definition) is 4. The second kappa shape index (κ2) is 2.96. The van der Waals surface area contributed by atoms with Gasteiger partial charge in [-0.25, -0.2) is 4.79 Å². The monoisotopic (exact) mass is 188 g/mol. The zero-order valence-corrected chi connectivity index (χ0v) is 8.71. The molecule has 0 bridgehead atoms. The molecule has 1 rings (SSSR count). The number of ether oxygens (including phenoxy) is 3. The molecule has 1 fully saturated rings. The largest absolute Gasteiger partial charge is 0.467 e. The average Bonchev–Trinajstić information content (AvgIpc) is 2.78. The van der Waals surface area contributed by atoms with Gasteiger partial charge in [0, 0.05) is 7.11 Å². The lowest BCUT2D eigenvalue weighted by Crippen LogP contribution is -2.42. The smallest absolute Gasteiger partial charge is 0.338 e. The Morgan fingerprint density at radius 2 is 2.00 bits per heavy atom. The minimum atomic E-state index is -0.561. The lowest BCUT2D eigenvalue weighted by molar-refractivity contribution is -0.142. The molecule has 2 unspecified atom stereocenters. The van der Waals surface area contributed by atoms with E-state index in [0.29, 0.717) is 0 Å². The lowest BCUT2D eigenvalue weighted by atomic mass is 9.89. The van der Waals surface area contributed by atoms with E-state index in [1.807, 2.05) is 20.8 Å². The third-order valence-corrected chi connectivity index (χ3v) is 2.93. The van der Waals surface area contributed by atoms with Crippen molar-refractivity contribution in [1.29, 1.82) is 0 Å². The molecule has 76 valence electrons. The number of rotatable bonds is 3. The third kappa shape index (κ3) is 1.44. The summed E-state index contributed by atoms with van der Waals surface area (Å²) in [5.41, 5.74) is -1.04. The highest BCUT2D eigenvalue weighted by molar-refractivity contribution is 5.79. The first-order valence-electron chi connectivity index (χ1n) is 4.20. The van der Waals surface area contributed by atoms with Gasteiger partial charge in [-0.15, -0.1) is 0 Å². The van der Waals surface area contributed by atoms with Gasteiger partial charge >= 0.3 is 5.97 Å². The van der Waals surface area contributed by atoms with Crippen LogP contribution in [0, 0.1) is 0 Å². The van der Waals surface area contributed by atoms with Gasteiger partial charge in [0.25, 0.3) is 0 Å². The maximum Gasteiger partial charge on any atom is 0.338 e. The predicted molar refractivity (Wildman–Crippen MR) is 46.4 cm³/mol. The van der Waals surface area contributed by atoms with Crippen molar-refractivity contribution in [1.82, 2.24) is 0 Å². The summed E-state index contributed by atoms with van der Waals surface area (Å²) in [6.07, 6.45) is -0.493. The Kier molecular flexibility index (Phi) is 2.38. The maximum atomic E-state index is 11.1. The second-order valence-corrected chi connectivity index (χ2v) is 3.84. The second-order valence-electron chi connectivity index (χ2n) is 3.84. The fraction of sp³-hybridized carbons (Fsp3) is 0.889. The van der Waals surface area contributed by atoms with E-state index in [4.69, 9.17) is 9.47 Å². The number of esters is 1. The van der Waals surface area contributed by atoms with Crippen LogP contribution >= 0.6 is 0 Å². The fourth-order valence-electron chi connectivity index (χ4n) is 1.25. The minimum Gasteiger partial charge on any atom is -0.467 e. The Morgan fingerprint density at radius 1 is 1.46 bits per heavy atom. The number of hydrogen-bond donors (Lipinski definition) is 0. The van der Waals surface area contributed by atoms with E-state index < -0.39 is 17.3 Å². The van der Waals surface area contributed by atoms with E-state index in [2.05, 4.69) is 4.74 Å². The molecule has 2 atom stereocenters. The summed E-state index contributed by atoms with van der Waals surface area (Å²) in [6, 6.07) is 0. The van der Waals surface area contributed by atoms with E-state index in [1.54, 1.807) is 7.11 Å². The molecule has 1 aliphatic rings. The van der Waals surface area contributed by atoms with Crippen molar-refractivity contribution < 1.29 is 19.0 Å². The number of methoxy groups -OCH3 is 2. The Morgan fingerprint density at radius 3 is 2.38 bits per heavy atom. The molecule has 0 aromatic carbocycles. The van der Waals surface area contributed by atoms with Crippen molar-refractivity contribution in [2.75, 3.05) is 14.2 Å². The average molecular weight is 188 g/mol. The van der Waals surface area contributed by atoms with Crippen LogP contribution in [0.15, 0.2) is 0 Å². The molecule has 0 aliphatic carbocycles. The van der Waals surface area contributed by atoms with Crippen LogP contribution < -0.4 is 0 Å². The van der Waals surface area contributed by atoms with Gasteiger partial charge in [0.1, 0.15) is 5.60 Å². The van der Waals surface area contributed by atoms with E-state index in [0.717, 1.165) is 0 Å². The van der Waals surface area contributed by atoms with Crippen LogP contribution in [0.1, 0.15) is 20.8 Å². The summed E-state index contributed by atoms with van der Waals surface area (Å²) in [5.74, 6) is -0.340. The van der Waals surface area contributed by atoms with Crippen molar-refractivity contribution in [2.24, 2.45) is 0 Å². The Hall–Kier alpha value is -0.610. The first-order valence-corrected chi connectivity index (χ1v) is 4.20. The molecule has 0 N–H and O–H groups in total. The topological polar surface area (TPSA) is 48.1 Å². The van der Waals surface area contributed by atoms with Crippen molar-refractivity contribution in [3.8, 4) is 0 Å². The zero-order valence-electron chi connectivity index (χ0n) is 8.71. The highest BCUT2D eigenvalue weighted by atomic mass is 16.7. The van der Waals surface area contributed by atoms with Crippen LogP contribution in [0.3, 0.4) is 0 Å². The lowest BCUT2D eigenvalue weighted by Gasteiger charge is -2.27. The van der Waals surface area contributed by atoms with Crippen molar-refractivity contribution in [3.05, 3.63) is 0 Å². The molecule has 1 aliphatic heterocycles. The van der Waals surface area contributed by atoms with Crippen LogP contribution in [-0.2, 0) is 19.0 Å². The molecular formula is C9H16O4. The van der Waals surface area contributed by atoms with Crippen LogP contribution in [0.25, 0.3) is 0 Å². The van der Waals surface area contributed by atoms with Gasteiger partial charge in [-0.05, 0) is 20.8 Å². The van der Waals surface area contributed by atoms with Gasteiger partial charge < -0.3 is 14.2 Å². The molecule has 0 saturated carbocycles. The summed E-state index contributed by atoms with van der Waals surface area (Å²) < 4.78 is 15.2. The molecule has 0 amide bonds. The van der Waals surface area contributed by atoms with E-state index in [1.165, 1.54) is 7.11 Å². The molecule has 1 heterocycles. The Bertz CT molecular complexity index is 224. The number of epoxide rings is 1. The van der Waals surface area contributed by atoms with E-state index in [-0.39, 0.29) is 5.97 Å². The summed E-state index contributed by atoms with van der Waals surface area (Å²) in [5, 5.41) is 0. The predicted octanol–water partition coefficient (Wildman–Crippen LogP) is 0.742. The van der Waals surface area contributed by atoms with Gasteiger partial charge in [0.2, 0.25) is 0 Å². The molecule has 13 heavy (non-hydrogen) atoms. The number of carbonyl (C=O) groups excluding carboxylic acids is 1. The van der Waals surface area contributed by atoms with E-state index >= 15 is 0 Å². The first-order chi connectivity index (χ1) is 5.89. The summed E-state index contributed by atoms with van der Waals surface area (Å²) in [6.45, 7) is 5.62. The highest BCUT2D eigenvalue weighted by Crippen LogP contribution is 2.46. The van der Waals surface area contributed by atoms with Crippen LogP contribution in [-0.4, -0.2) is 37.5 Å². The van der Waals surface area contributed by atoms with Gasteiger partial charge in [-0.1, -0.05) is 0 Å². The van der Waals surface area contributed by atoms with Gasteiger partial charge in [0.05, 0.1) is 12.7 Å². The van der Waals surface area contributed by atoms with Crippen molar-refractivity contribution in [3.63, 3.8) is 0 Å². The fourth-order valence-corrected chi connectivity index (χ4v) is 1.25. The third-order valence-electron chi connectivity index (χ3n) is 2.93. The zero-order chi connectivity index (χ0) is 10.3. The number of carbonyl (C=O) groups is 1. The van der Waals surface area contributed by atoms with Crippen LogP contribution in [0.4, 0.5) is 0 Å². The molecule has 4 nitrogen and oxygen atoms in total. The molecule has 4 heteroatoms. The molecule has 0 spiro atoms. The summed E-state index contributed by atoms with van der Waals surface area (Å²) in [4.78, 5) is 11.1.